The van der Waals surface area contributed by atoms with Gasteiger partial charge in [0, 0.05) is 6.04 Å². The van der Waals surface area contributed by atoms with Crippen LogP contribution in [0.3, 0.4) is 0 Å². The molecular formula is C9H10ClF4N. The smallest absolute Gasteiger partial charge is 0.324 e. The molecule has 1 aromatic rings. The van der Waals surface area contributed by atoms with Crippen molar-refractivity contribution < 1.29 is 17.6 Å². The fraction of sp³-hybridized carbons (Fsp3) is 0.333. The number of hydrogen-bond donors (Lipinski definition) is 1. The number of nitrogens with two attached hydrogens (primary N) is 1. The van der Waals surface area contributed by atoms with E-state index in [1.165, 1.54) is 6.92 Å². The predicted octanol–water partition coefficient (Wildman–Crippen LogP) is 3.29. The van der Waals surface area contributed by atoms with Gasteiger partial charge in [-0.1, -0.05) is 6.07 Å². The van der Waals surface area contributed by atoms with Crippen molar-refractivity contribution in [2.75, 3.05) is 0 Å². The first-order valence-electron chi connectivity index (χ1n) is 3.94. The minimum absolute atomic E-state index is 0. The van der Waals surface area contributed by atoms with Crippen LogP contribution in [0.1, 0.15) is 24.1 Å². The summed E-state index contributed by atoms with van der Waals surface area (Å²) in [5.74, 6) is -0.915. The highest BCUT2D eigenvalue weighted by molar-refractivity contribution is 5.85. The first-order chi connectivity index (χ1) is 6.32. The maximum atomic E-state index is 12.6. The third-order valence-electron chi connectivity index (χ3n) is 1.81. The normalized spacial score (nSPS) is 13.2. The molecule has 0 aromatic heterocycles. The lowest BCUT2D eigenvalue weighted by atomic mass is 10.0. The first-order valence-corrected chi connectivity index (χ1v) is 3.94. The molecule has 1 aromatic carbocycles. The molecule has 0 unspecified atom stereocenters. The van der Waals surface area contributed by atoms with E-state index in [4.69, 9.17) is 5.73 Å². The average Bonchev–Trinajstić information content (AvgIpc) is 2.01. The number of rotatable bonds is 1. The number of hydrogen-bond acceptors (Lipinski definition) is 1. The molecule has 0 saturated heterocycles. The Balaban J connectivity index is 0.00000196. The van der Waals surface area contributed by atoms with Gasteiger partial charge in [0.2, 0.25) is 0 Å². The summed E-state index contributed by atoms with van der Waals surface area (Å²) in [6.07, 6.45) is -4.56. The second-order valence-electron chi connectivity index (χ2n) is 3.02. The zero-order valence-electron chi connectivity index (χ0n) is 7.81. The summed E-state index contributed by atoms with van der Waals surface area (Å²) in [7, 11) is 0. The lowest BCUT2D eigenvalue weighted by Crippen LogP contribution is -2.15. The molecular weight excluding hydrogens is 234 g/mol. The molecule has 0 spiro atoms. The molecule has 0 saturated carbocycles. The molecule has 0 radical (unpaired) electrons. The molecule has 0 bridgehead atoms. The van der Waals surface area contributed by atoms with Crippen LogP contribution in [-0.4, -0.2) is 0 Å². The van der Waals surface area contributed by atoms with Gasteiger partial charge in [-0.05, 0) is 24.6 Å². The first kappa shape index (κ1) is 14.2. The van der Waals surface area contributed by atoms with Crippen LogP contribution in [0, 0.1) is 5.82 Å². The van der Waals surface area contributed by atoms with Crippen LogP contribution >= 0.6 is 12.4 Å². The Bertz CT molecular complexity index is 335. The summed E-state index contributed by atoms with van der Waals surface area (Å²) in [4.78, 5) is 0. The molecule has 86 valence electrons. The van der Waals surface area contributed by atoms with Crippen molar-refractivity contribution in [3.63, 3.8) is 0 Å². The van der Waals surface area contributed by atoms with Crippen molar-refractivity contribution in [3.05, 3.63) is 35.1 Å². The van der Waals surface area contributed by atoms with Gasteiger partial charge in [0.15, 0.2) is 0 Å². The highest BCUT2D eigenvalue weighted by Crippen LogP contribution is 2.34. The van der Waals surface area contributed by atoms with Crippen molar-refractivity contribution in [3.8, 4) is 0 Å². The third-order valence-corrected chi connectivity index (χ3v) is 1.81. The van der Waals surface area contributed by atoms with E-state index in [0.29, 0.717) is 6.07 Å². The largest absolute Gasteiger partial charge is 0.416 e. The summed E-state index contributed by atoms with van der Waals surface area (Å²) in [5.41, 5.74) is 4.23. The van der Waals surface area contributed by atoms with Gasteiger partial charge in [-0.2, -0.15) is 13.2 Å². The van der Waals surface area contributed by atoms with Crippen LogP contribution in [0.4, 0.5) is 17.6 Å². The average molecular weight is 244 g/mol. The molecule has 0 heterocycles. The van der Waals surface area contributed by atoms with Crippen LogP contribution in [0.2, 0.25) is 0 Å². The van der Waals surface area contributed by atoms with Gasteiger partial charge in [-0.3, -0.25) is 0 Å². The lowest BCUT2D eigenvalue weighted by molar-refractivity contribution is -0.138. The van der Waals surface area contributed by atoms with Crippen molar-refractivity contribution in [1.82, 2.24) is 0 Å². The SMILES string of the molecule is C[C@H](N)c1ccc(F)cc1C(F)(F)F.Cl. The van der Waals surface area contributed by atoms with Crippen LogP contribution in [-0.2, 0) is 6.18 Å². The standard InChI is InChI=1S/C9H9F4N.ClH/c1-5(14)7-3-2-6(10)4-8(7)9(11,12)13;/h2-5H,14H2,1H3;1H/t5-;/m0./s1. The second-order valence-corrected chi connectivity index (χ2v) is 3.02. The molecule has 2 N–H and O–H groups in total. The van der Waals surface area contributed by atoms with Gasteiger partial charge in [-0.15, -0.1) is 12.4 Å². The summed E-state index contributed by atoms with van der Waals surface area (Å²) < 4.78 is 49.7. The Hall–Kier alpha value is -0.810. The van der Waals surface area contributed by atoms with E-state index in [-0.39, 0.29) is 18.0 Å². The number of benzene rings is 1. The lowest BCUT2D eigenvalue weighted by Gasteiger charge is -2.15. The molecule has 1 rings (SSSR count). The van der Waals surface area contributed by atoms with Crippen LogP contribution < -0.4 is 5.73 Å². The molecule has 1 atom stereocenters. The van der Waals surface area contributed by atoms with E-state index < -0.39 is 23.6 Å². The number of alkyl halides is 3. The molecule has 0 aliphatic heterocycles. The Kier molecular flexibility index (Phi) is 4.55. The highest BCUT2D eigenvalue weighted by atomic mass is 35.5. The summed E-state index contributed by atoms with van der Waals surface area (Å²) in [6, 6.07) is 1.71. The zero-order chi connectivity index (χ0) is 10.9. The van der Waals surface area contributed by atoms with Crippen LogP contribution in [0.5, 0.6) is 0 Å². The Morgan fingerprint density at radius 3 is 2.20 bits per heavy atom. The van der Waals surface area contributed by atoms with Gasteiger partial charge in [0.05, 0.1) is 5.56 Å². The van der Waals surface area contributed by atoms with E-state index >= 15 is 0 Å². The molecule has 1 nitrogen and oxygen atoms in total. The van der Waals surface area contributed by atoms with E-state index in [2.05, 4.69) is 0 Å². The predicted molar refractivity (Wildman–Crippen MR) is 51.3 cm³/mol. The maximum absolute atomic E-state index is 12.6. The quantitative estimate of drug-likeness (QED) is 0.753. The Morgan fingerprint density at radius 1 is 1.27 bits per heavy atom. The molecule has 0 fully saturated rings. The molecule has 0 aliphatic rings. The van der Waals surface area contributed by atoms with E-state index in [0.717, 1.165) is 12.1 Å². The van der Waals surface area contributed by atoms with Crippen LogP contribution in [0.15, 0.2) is 18.2 Å². The Morgan fingerprint density at radius 2 is 1.80 bits per heavy atom. The minimum atomic E-state index is -4.56. The minimum Gasteiger partial charge on any atom is -0.324 e. The summed E-state index contributed by atoms with van der Waals surface area (Å²) in [6.45, 7) is 1.42. The Labute approximate surface area is 90.7 Å². The highest BCUT2D eigenvalue weighted by Gasteiger charge is 2.34. The third kappa shape index (κ3) is 3.35. The van der Waals surface area contributed by atoms with Crippen molar-refractivity contribution in [2.24, 2.45) is 5.73 Å². The number of halogens is 5. The zero-order valence-corrected chi connectivity index (χ0v) is 8.62. The topological polar surface area (TPSA) is 26.0 Å². The summed E-state index contributed by atoms with van der Waals surface area (Å²) in [5, 5.41) is 0. The van der Waals surface area contributed by atoms with E-state index in [1.54, 1.807) is 0 Å². The molecule has 15 heavy (non-hydrogen) atoms. The maximum Gasteiger partial charge on any atom is 0.416 e. The fourth-order valence-electron chi connectivity index (χ4n) is 1.17. The van der Waals surface area contributed by atoms with E-state index in [1.807, 2.05) is 0 Å². The van der Waals surface area contributed by atoms with Gasteiger partial charge >= 0.3 is 6.18 Å². The van der Waals surface area contributed by atoms with E-state index in [9.17, 15) is 17.6 Å². The second kappa shape index (κ2) is 4.81. The van der Waals surface area contributed by atoms with Gasteiger partial charge in [0.1, 0.15) is 5.82 Å². The molecule has 0 aliphatic carbocycles. The van der Waals surface area contributed by atoms with Gasteiger partial charge in [-0.25, -0.2) is 4.39 Å². The van der Waals surface area contributed by atoms with Gasteiger partial charge in [0.25, 0.3) is 0 Å². The fourth-order valence-corrected chi connectivity index (χ4v) is 1.17. The van der Waals surface area contributed by atoms with Gasteiger partial charge < -0.3 is 5.73 Å². The monoisotopic (exact) mass is 243 g/mol. The van der Waals surface area contributed by atoms with Crippen LogP contribution in [0.25, 0.3) is 0 Å². The molecule has 6 heteroatoms. The van der Waals surface area contributed by atoms with Crippen molar-refractivity contribution >= 4 is 12.4 Å². The van der Waals surface area contributed by atoms with Crippen molar-refractivity contribution in [2.45, 2.75) is 19.1 Å². The summed E-state index contributed by atoms with van der Waals surface area (Å²) >= 11 is 0. The molecule has 0 amide bonds. The van der Waals surface area contributed by atoms with Crippen molar-refractivity contribution in [1.29, 1.82) is 0 Å².